The van der Waals surface area contributed by atoms with Crippen molar-refractivity contribution in [2.24, 2.45) is 7.05 Å². The van der Waals surface area contributed by atoms with E-state index in [1.807, 2.05) is 13.1 Å². The topological polar surface area (TPSA) is 55.6 Å². The molecule has 0 saturated heterocycles. The molecule has 0 aliphatic rings. The zero-order chi connectivity index (χ0) is 17.2. The molecule has 0 amide bonds. The Bertz CT molecular complexity index is 990. The molecule has 2 heterocycles. The van der Waals surface area contributed by atoms with E-state index in [0.717, 1.165) is 16.9 Å². The summed E-state index contributed by atoms with van der Waals surface area (Å²) < 4.78 is 1.75. The van der Waals surface area contributed by atoms with Crippen LogP contribution in [0.25, 0.3) is 22.2 Å². The molecule has 124 valence electrons. The van der Waals surface area contributed by atoms with Crippen molar-refractivity contribution >= 4 is 16.9 Å². The molecule has 0 aliphatic carbocycles. The molecule has 0 saturated carbocycles. The zero-order valence-electron chi connectivity index (χ0n) is 14.2. The first-order valence-corrected chi connectivity index (χ1v) is 8.27. The van der Waals surface area contributed by atoms with Gasteiger partial charge < -0.3 is 5.32 Å². The third-order valence-corrected chi connectivity index (χ3v) is 4.40. The maximum Gasteiger partial charge on any atom is 0.163 e. The summed E-state index contributed by atoms with van der Waals surface area (Å²) in [6, 6.07) is 19.1. The van der Waals surface area contributed by atoms with Gasteiger partial charge in [-0.05, 0) is 23.6 Å². The van der Waals surface area contributed by atoms with Crippen molar-refractivity contribution in [3.05, 3.63) is 72.7 Å². The van der Waals surface area contributed by atoms with Gasteiger partial charge in [-0.2, -0.15) is 5.10 Å². The lowest BCUT2D eigenvalue weighted by molar-refractivity contribution is 0.785. The standard InChI is InChI=1S/C20H19N5/c1-14(24-19-18-12-23-25(2)20(18)22-13-21-19)15-8-10-17(11-9-15)16-6-4-3-5-7-16/h3-14H,1-2H3,(H,21,22,24)/t14-/m0/s1. The number of benzene rings is 2. The van der Waals surface area contributed by atoms with Crippen LogP contribution in [0.5, 0.6) is 0 Å². The second-order valence-corrected chi connectivity index (χ2v) is 6.08. The summed E-state index contributed by atoms with van der Waals surface area (Å²) in [7, 11) is 1.88. The molecule has 25 heavy (non-hydrogen) atoms. The van der Waals surface area contributed by atoms with Crippen LogP contribution >= 0.6 is 0 Å². The van der Waals surface area contributed by atoms with Gasteiger partial charge in [0.25, 0.3) is 0 Å². The molecule has 0 radical (unpaired) electrons. The fourth-order valence-electron chi connectivity index (χ4n) is 2.96. The second-order valence-electron chi connectivity index (χ2n) is 6.08. The van der Waals surface area contributed by atoms with Crippen LogP contribution in [0.2, 0.25) is 0 Å². The van der Waals surface area contributed by atoms with Crippen molar-refractivity contribution in [3.8, 4) is 11.1 Å². The lowest BCUT2D eigenvalue weighted by Crippen LogP contribution is -2.08. The van der Waals surface area contributed by atoms with E-state index in [1.165, 1.54) is 16.7 Å². The van der Waals surface area contributed by atoms with E-state index in [-0.39, 0.29) is 6.04 Å². The molecule has 5 nitrogen and oxygen atoms in total. The second kappa shape index (κ2) is 6.36. The fourth-order valence-corrected chi connectivity index (χ4v) is 2.96. The molecule has 1 N–H and O–H groups in total. The van der Waals surface area contributed by atoms with Gasteiger partial charge in [0.05, 0.1) is 11.6 Å². The first-order valence-electron chi connectivity index (χ1n) is 8.27. The van der Waals surface area contributed by atoms with Crippen LogP contribution in [0.15, 0.2) is 67.1 Å². The van der Waals surface area contributed by atoms with Crippen molar-refractivity contribution in [3.63, 3.8) is 0 Å². The largest absolute Gasteiger partial charge is 0.363 e. The van der Waals surface area contributed by atoms with Gasteiger partial charge in [0.1, 0.15) is 12.1 Å². The first-order chi connectivity index (χ1) is 12.2. The van der Waals surface area contributed by atoms with E-state index in [0.29, 0.717) is 0 Å². The predicted molar refractivity (Wildman–Crippen MR) is 100 cm³/mol. The summed E-state index contributed by atoms with van der Waals surface area (Å²) in [5.41, 5.74) is 4.47. The maximum atomic E-state index is 4.38. The molecule has 5 heteroatoms. The molecule has 0 unspecified atom stereocenters. The maximum absolute atomic E-state index is 4.38. The van der Waals surface area contributed by atoms with Crippen LogP contribution < -0.4 is 5.32 Å². The Labute approximate surface area is 146 Å². The fraction of sp³-hybridized carbons (Fsp3) is 0.150. The van der Waals surface area contributed by atoms with E-state index >= 15 is 0 Å². The van der Waals surface area contributed by atoms with E-state index in [9.17, 15) is 0 Å². The number of aryl methyl sites for hydroxylation is 1. The lowest BCUT2D eigenvalue weighted by Gasteiger charge is -2.16. The number of rotatable bonds is 4. The summed E-state index contributed by atoms with van der Waals surface area (Å²) >= 11 is 0. The smallest absolute Gasteiger partial charge is 0.163 e. The number of hydrogen-bond donors (Lipinski definition) is 1. The molecule has 2 aromatic carbocycles. The average Bonchev–Trinajstić information content (AvgIpc) is 3.05. The Morgan fingerprint density at radius 1 is 0.920 bits per heavy atom. The van der Waals surface area contributed by atoms with Gasteiger partial charge in [0.2, 0.25) is 0 Å². The van der Waals surface area contributed by atoms with Crippen molar-refractivity contribution in [1.29, 1.82) is 0 Å². The SMILES string of the molecule is C[C@H](Nc1ncnc2c1cnn2C)c1ccc(-c2ccccc2)cc1. The third kappa shape index (κ3) is 2.96. The van der Waals surface area contributed by atoms with Gasteiger partial charge in [-0.3, -0.25) is 4.68 Å². The molecule has 4 rings (SSSR count). The molecule has 0 fully saturated rings. The molecule has 2 aromatic heterocycles. The third-order valence-electron chi connectivity index (χ3n) is 4.40. The molecule has 0 aliphatic heterocycles. The highest BCUT2D eigenvalue weighted by molar-refractivity contribution is 5.86. The van der Waals surface area contributed by atoms with Crippen molar-refractivity contribution < 1.29 is 0 Å². The van der Waals surface area contributed by atoms with Gasteiger partial charge in [0, 0.05) is 13.1 Å². The summed E-state index contributed by atoms with van der Waals surface area (Å²) in [4.78, 5) is 8.65. The molecular weight excluding hydrogens is 310 g/mol. The van der Waals surface area contributed by atoms with Crippen LogP contribution in [0.1, 0.15) is 18.5 Å². The number of nitrogens with zero attached hydrogens (tertiary/aromatic N) is 4. The molecule has 0 bridgehead atoms. The van der Waals surface area contributed by atoms with Gasteiger partial charge in [-0.25, -0.2) is 9.97 Å². The summed E-state index contributed by atoms with van der Waals surface area (Å²) in [6.45, 7) is 2.13. The highest BCUT2D eigenvalue weighted by atomic mass is 15.3. The number of aromatic nitrogens is 4. The van der Waals surface area contributed by atoms with Crippen LogP contribution in [0.4, 0.5) is 5.82 Å². The Kier molecular flexibility index (Phi) is 3.90. The quantitative estimate of drug-likeness (QED) is 0.609. The monoisotopic (exact) mass is 329 g/mol. The Morgan fingerprint density at radius 3 is 2.40 bits per heavy atom. The first kappa shape index (κ1) is 15.3. The minimum Gasteiger partial charge on any atom is -0.363 e. The van der Waals surface area contributed by atoms with E-state index in [2.05, 4.69) is 75.8 Å². The van der Waals surface area contributed by atoms with Crippen molar-refractivity contribution in [1.82, 2.24) is 19.7 Å². The number of nitrogens with one attached hydrogen (secondary N) is 1. The highest BCUT2D eigenvalue weighted by Gasteiger charge is 2.11. The van der Waals surface area contributed by atoms with Crippen molar-refractivity contribution in [2.75, 3.05) is 5.32 Å². The Hall–Kier alpha value is -3.21. The van der Waals surface area contributed by atoms with E-state index < -0.39 is 0 Å². The molecule has 0 spiro atoms. The summed E-state index contributed by atoms with van der Waals surface area (Å²) in [5, 5.41) is 8.65. The Morgan fingerprint density at radius 2 is 1.64 bits per heavy atom. The zero-order valence-corrected chi connectivity index (χ0v) is 14.2. The van der Waals surface area contributed by atoms with Crippen LogP contribution in [-0.4, -0.2) is 19.7 Å². The number of fused-ring (bicyclic) bond motifs is 1. The molecule has 1 atom stereocenters. The minimum absolute atomic E-state index is 0.128. The predicted octanol–water partition coefficient (Wildman–Crippen LogP) is 4.20. The van der Waals surface area contributed by atoms with E-state index in [1.54, 1.807) is 17.2 Å². The normalized spacial score (nSPS) is 12.2. The van der Waals surface area contributed by atoms with Crippen LogP contribution in [0.3, 0.4) is 0 Å². The highest BCUT2D eigenvalue weighted by Crippen LogP contribution is 2.25. The van der Waals surface area contributed by atoms with Crippen LogP contribution in [0, 0.1) is 0 Å². The Balaban J connectivity index is 1.57. The minimum atomic E-state index is 0.128. The lowest BCUT2D eigenvalue weighted by atomic mass is 10.0. The summed E-state index contributed by atoms with van der Waals surface area (Å²) in [5.74, 6) is 0.803. The van der Waals surface area contributed by atoms with E-state index in [4.69, 9.17) is 0 Å². The molecule has 4 aromatic rings. The summed E-state index contributed by atoms with van der Waals surface area (Å²) in [6.07, 6.45) is 3.36. The van der Waals surface area contributed by atoms with Gasteiger partial charge >= 0.3 is 0 Å². The molecular formula is C20H19N5. The van der Waals surface area contributed by atoms with Gasteiger partial charge in [0.15, 0.2) is 5.65 Å². The number of hydrogen-bond acceptors (Lipinski definition) is 4. The number of anilines is 1. The van der Waals surface area contributed by atoms with Gasteiger partial charge in [-0.15, -0.1) is 0 Å². The average molecular weight is 329 g/mol. The van der Waals surface area contributed by atoms with Crippen molar-refractivity contribution in [2.45, 2.75) is 13.0 Å². The van der Waals surface area contributed by atoms with Crippen LogP contribution in [-0.2, 0) is 7.05 Å². The van der Waals surface area contributed by atoms with Gasteiger partial charge in [-0.1, -0.05) is 54.6 Å².